The molecule has 86 valence electrons. The van der Waals surface area contributed by atoms with Gasteiger partial charge in [0.2, 0.25) is 0 Å². The number of aliphatic hydroxyl groups is 1. The van der Waals surface area contributed by atoms with Crippen LogP contribution in [0.2, 0.25) is 0 Å². The Morgan fingerprint density at radius 2 is 2.07 bits per heavy atom. The molecule has 1 N–H and O–H groups in total. The summed E-state index contributed by atoms with van der Waals surface area (Å²) in [5, 5.41) is 9.80. The molecule has 0 saturated carbocycles. The Balaban J connectivity index is 2.36. The van der Waals surface area contributed by atoms with Crippen molar-refractivity contribution in [3.05, 3.63) is 23.5 Å². The lowest BCUT2D eigenvalue weighted by molar-refractivity contribution is 0.115. The minimum atomic E-state index is -0.689. The zero-order valence-corrected chi connectivity index (χ0v) is 10.0. The summed E-state index contributed by atoms with van der Waals surface area (Å²) in [6.07, 6.45) is 8.08. The van der Waals surface area contributed by atoms with Crippen LogP contribution in [-0.2, 0) is 4.74 Å². The zero-order chi connectivity index (χ0) is 11.3. The quantitative estimate of drug-likeness (QED) is 0.558. The van der Waals surface area contributed by atoms with Gasteiger partial charge < -0.3 is 9.84 Å². The molecule has 0 aromatic carbocycles. The number of allylic oxidation sites excluding steroid dienone is 2. The van der Waals surface area contributed by atoms with Gasteiger partial charge in [0.1, 0.15) is 0 Å². The Morgan fingerprint density at radius 3 is 2.53 bits per heavy atom. The second kappa shape index (κ2) is 5.36. The van der Waals surface area contributed by atoms with Crippen molar-refractivity contribution in [2.75, 3.05) is 6.61 Å². The Kier molecular flexibility index (Phi) is 4.40. The van der Waals surface area contributed by atoms with E-state index in [1.54, 1.807) is 0 Å². The van der Waals surface area contributed by atoms with Gasteiger partial charge >= 0.3 is 0 Å². The maximum atomic E-state index is 9.80. The third kappa shape index (κ3) is 4.08. The molecule has 0 heterocycles. The Hall–Kier alpha value is -0.760. The molecule has 0 spiro atoms. The molecule has 0 fully saturated rings. The Labute approximate surface area is 92.6 Å². The Bertz CT molecular complexity index is 256. The summed E-state index contributed by atoms with van der Waals surface area (Å²) in [4.78, 5) is 0. The monoisotopic (exact) mass is 210 g/mol. The van der Waals surface area contributed by atoms with Gasteiger partial charge in [-0.3, -0.25) is 0 Å². The molecule has 1 aliphatic rings. The largest absolute Gasteiger partial charge is 0.498 e. The van der Waals surface area contributed by atoms with Crippen LogP contribution in [0.3, 0.4) is 0 Å². The van der Waals surface area contributed by atoms with Crippen molar-refractivity contribution < 1.29 is 9.84 Å². The van der Waals surface area contributed by atoms with Crippen molar-refractivity contribution in [3.63, 3.8) is 0 Å². The predicted molar refractivity (Wildman–Crippen MR) is 62.6 cm³/mol. The molecule has 0 radical (unpaired) electrons. The third-order valence-corrected chi connectivity index (χ3v) is 2.67. The highest BCUT2D eigenvalue weighted by Crippen LogP contribution is 2.26. The fraction of sp³-hybridized carbons (Fsp3) is 0.692. The lowest BCUT2D eigenvalue weighted by Crippen LogP contribution is -2.22. The van der Waals surface area contributed by atoms with Gasteiger partial charge in [-0.1, -0.05) is 19.4 Å². The maximum absolute atomic E-state index is 9.80. The molecule has 0 aromatic heterocycles. The lowest BCUT2D eigenvalue weighted by Gasteiger charge is -2.24. The fourth-order valence-corrected chi connectivity index (χ4v) is 1.58. The van der Waals surface area contributed by atoms with E-state index in [0.29, 0.717) is 0 Å². The molecule has 0 unspecified atom stereocenters. The highest BCUT2D eigenvalue weighted by Gasteiger charge is 2.20. The highest BCUT2D eigenvalue weighted by atomic mass is 16.5. The number of rotatable bonds is 5. The van der Waals surface area contributed by atoms with Gasteiger partial charge in [-0.25, -0.2) is 0 Å². The first kappa shape index (κ1) is 12.3. The van der Waals surface area contributed by atoms with E-state index in [1.807, 2.05) is 13.8 Å². The van der Waals surface area contributed by atoms with Crippen molar-refractivity contribution in [3.8, 4) is 0 Å². The molecule has 0 aromatic rings. The molecule has 0 bridgehead atoms. The molecule has 2 heteroatoms. The van der Waals surface area contributed by atoms with Crippen LogP contribution in [0.1, 0.15) is 46.5 Å². The second-order valence-electron chi connectivity index (χ2n) is 4.57. The van der Waals surface area contributed by atoms with Crippen molar-refractivity contribution in [1.82, 2.24) is 0 Å². The van der Waals surface area contributed by atoms with Crippen molar-refractivity contribution in [2.24, 2.45) is 0 Å². The van der Waals surface area contributed by atoms with E-state index in [4.69, 9.17) is 4.74 Å². The minimum Gasteiger partial charge on any atom is -0.498 e. The van der Waals surface area contributed by atoms with Crippen LogP contribution in [0.15, 0.2) is 23.5 Å². The average molecular weight is 210 g/mol. The Morgan fingerprint density at radius 1 is 1.33 bits per heavy atom. The van der Waals surface area contributed by atoms with Crippen LogP contribution in [0.25, 0.3) is 0 Å². The first-order valence-corrected chi connectivity index (χ1v) is 5.77. The average Bonchev–Trinajstić information content (AvgIpc) is 2.18. The third-order valence-electron chi connectivity index (χ3n) is 2.67. The van der Waals surface area contributed by atoms with Gasteiger partial charge in [-0.2, -0.15) is 0 Å². The molecule has 0 aliphatic heterocycles. The molecule has 1 rings (SSSR count). The van der Waals surface area contributed by atoms with Crippen LogP contribution in [0.5, 0.6) is 0 Å². The van der Waals surface area contributed by atoms with Crippen LogP contribution in [0, 0.1) is 0 Å². The van der Waals surface area contributed by atoms with Gasteiger partial charge in [-0.15, -0.1) is 0 Å². The summed E-state index contributed by atoms with van der Waals surface area (Å²) in [6, 6.07) is 0. The standard InChI is InChI=1S/C13H22O2/c1-4-5-10-15-12-8-6-11(7-9-12)13(2,3)14/h6,9,14H,4-5,7-8,10H2,1-3H3. The van der Waals surface area contributed by atoms with Gasteiger partial charge in [0.25, 0.3) is 0 Å². The summed E-state index contributed by atoms with van der Waals surface area (Å²) in [5.41, 5.74) is 0.399. The highest BCUT2D eigenvalue weighted by molar-refractivity contribution is 5.24. The molecule has 15 heavy (non-hydrogen) atoms. The van der Waals surface area contributed by atoms with E-state index in [9.17, 15) is 5.11 Å². The lowest BCUT2D eigenvalue weighted by atomic mass is 9.91. The van der Waals surface area contributed by atoms with E-state index in [1.165, 1.54) is 0 Å². The van der Waals surface area contributed by atoms with E-state index in [-0.39, 0.29) is 0 Å². The molecule has 0 saturated heterocycles. The topological polar surface area (TPSA) is 29.5 Å². The van der Waals surface area contributed by atoms with Crippen molar-refractivity contribution >= 4 is 0 Å². The molecular formula is C13H22O2. The number of unbranched alkanes of at least 4 members (excludes halogenated alkanes) is 1. The van der Waals surface area contributed by atoms with E-state index in [0.717, 1.165) is 43.6 Å². The number of hydrogen-bond donors (Lipinski definition) is 1. The summed E-state index contributed by atoms with van der Waals surface area (Å²) < 4.78 is 5.62. The van der Waals surface area contributed by atoms with Crippen LogP contribution >= 0.6 is 0 Å². The predicted octanol–water partition coefficient (Wildman–Crippen LogP) is 3.18. The van der Waals surface area contributed by atoms with Crippen molar-refractivity contribution in [1.29, 1.82) is 0 Å². The van der Waals surface area contributed by atoms with E-state index >= 15 is 0 Å². The summed E-state index contributed by atoms with van der Waals surface area (Å²) >= 11 is 0. The minimum absolute atomic E-state index is 0.689. The molecule has 0 amide bonds. The smallest absolute Gasteiger partial charge is 0.0960 e. The molecule has 2 nitrogen and oxygen atoms in total. The van der Waals surface area contributed by atoms with E-state index in [2.05, 4.69) is 19.1 Å². The fourth-order valence-electron chi connectivity index (χ4n) is 1.58. The van der Waals surface area contributed by atoms with Crippen molar-refractivity contribution in [2.45, 2.75) is 52.1 Å². The molecule has 1 aliphatic carbocycles. The first-order chi connectivity index (χ1) is 7.04. The number of hydrogen-bond acceptors (Lipinski definition) is 2. The number of ether oxygens (including phenoxy) is 1. The summed E-state index contributed by atoms with van der Waals surface area (Å²) in [7, 11) is 0. The molecule has 0 atom stereocenters. The SMILES string of the molecule is CCCCOC1=CCC(C(C)(C)O)=CC1. The van der Waals surface area contributed by atoms with Crippen LogP contribution < -0.4 is 0 Å². The molecular weight excluding hydrogens is 188 g/mol. The first-order valence-electron chi connectivity index (χ1n) is 5.77. The van der Waals surface area contributed by atoms with E-state index < -0.39 is 5.60 Å². The summed E-state index contributed by atoms with van der Waals surface area (Å²) in [6.45, 7) is 6.63. The normalized spacial score (nSPS) is 17.1. The van der Waals surface area contributed by atoms with Gasteiger partial charge in [0.05, 0.1) is 18.0 Å². The van der Waals surface area contributed by atoms with Gasteiger partial charge in [-0.05, 0) is 38.3 Å². The maximum Gasteiger partial charge on any atom is 0.0960 e. The second-order valence-corrected chi connectivity index (χ2v) is 4.57. The van der Waals surface area contributed by atoms with Gasteiger partial charge in [0.15, 0.2) is 0 Å². The van der Waals surface area contributed by atoms with Crippen LogP contribution in [-0.4, -0.2) is 17.3 Å². The van der Waals surface area contributed by atoms with Crippen LogP contribution in [0.4, 0.5) is 0 Å². The zero-order valence-electron chi connectivity index (χ0n) is 10.0. The van der Waals surface area contributed by atoms with Gasteiger partial charge in [0, 0.05) is 6.42 Å². The summed E-state index contributed by atoms with van der Waals surface area (Å²) in [5.74, 6) is 1.05.